The van der Waals surface area contributed by atoms with Crippen molar-refractivity contribution in [3.63, 3.8) is 0 Å². The molecule has 13 atom stereocenters. The molecule has 0 bridgehead atoms. The van der Waals surface area contributed by atoms with Crippen molar-refractivity contribution in [2.24, 2.45) is 23.7 Å². The number of esters is 1. The molecule has 11 nitrogen and oxygen atoms in total. The highest BCUT2D eigenvalue weighted by molar-refractivity contribution is 6.00. The molecule has 0 aromatic rings. The van der Waals surface area contributed by atoms with Gasteiger partial charge in [0.2, 0.25) is 0 Å². The van der Waals surface area contributed by atoms with Gasteiger partial charge < -0.3 is 39.2 Å². The molecule has 2 heterocycles. The fourth-order valence-corrected chi connectivity index (χ4v) is 6.74. The predicted molar refractivity (Wildman–Crippen MR) is 165 cm³/mol. The standard InChI is InChI=1S/C33H57NO10/c1-12-14-24-33(9,40)28(38)20(5)25(35)18(3)17-32(8,41-15-13-2)29(21(6)26(36)22(7)30(39)43-24)44-31-27(37)23(34(10)11)16-19(4)42-31/h13,18-24,27-29,31,37-38,40H,2,12,14-17H2,1,3-11H3/t18-,19-,20+,21+,22-,23+,24-,27-,28-,29-,31-,32-,33-/m1/s1. The molecule has 2 rings (SSSR count). The molecule has 2 aliphatic rings. The van der Waals surface area contributed by atoms with E-state index in [2.05, 4.69) is 6.58 Å². The maximum atomic E-state index is 14.0. The fourth-order valence-electron chi connectivity index (χ4n) is 6.74. The van der Waals surface area contributed by atoms with Crippen LogP contribution in [-0.2, 0) is 33.3 Å². The molecule has 0 amide bonds. The normalized spacial score (nSPS) is 43.4. The Morgan fingerprint density at radius 2 is 1.66 bits per heavy atom. The molecule has 2 fully saturated rings. The van der Waals surface area contributed by atoms with E-state index in [1.807, 2.05) is 32.8 Å². The third-order valence-corrected chi connectivity index (χ3v) is 9.55. The minimum Gasteiger partial charge on any atom is -0.459 e. The highest BCUT2D eigenvalue weighted by Crippen LogP contribution is 2.38. The lowest BCUT2D eigenvalue weighted by molar-refractivity contribution is -0.296. The first-order chi connectivity index (χ1) is 20.3. The smallest absolute Gasteiger partial charge is 0.316 e. The van der Waals surface area contributed by atoms with E-state index in [4.69, 9.17) is 18.9 Å². The average molecular weight is 628 g/mol. The number of hydrogen-bond acceptors (Lipinski definition) is 11. The maximum Gasteiger partial charge on any atom is 0.316 e. The molecule has 0 saturated carbocycles. The number of ether oxygens (including phenoxy) is 4. The molecule has 0 aromatic carbocycles. The molecule has 3 N–H and O–H groups in total. The van der Waals surface area contributed by atoms with Crippen LogP contribution in [0.5, 0.6) is 0 Å². The van der Waals surface area contributed by atoms with Crippen LogP contribution in [0.2, 0.25) is 0 Å². The summed E-state index contributed by atoms with van der Waals surface area (Å²) < 4.78 is 24.6. The molecule has 2 aliphatic heterocycles. The molecule has 0 spiro atoms. The Balaban J connectivity index is 2.69. The van der Waals surface area contributed by atoms with Gasteiger partial charge in [0.25, 0.3) is 0 Å². The number of rotatable bonds is 8. The lowest BCUT2D eigenvalue weighted by Crippen LogP contribution is -2.60. The van der Waals surface area contributed by atoms with E-state index in [1.54, 1.807) is 26.8 Å². The second kappa shape index (κ2) is 15.7. The van der Waals surface area contributed by atoms with Gasteiger partial charge in [-0.05, 0) is 61.1 Å². The predicted octanol–water partition coefficient (Wildman–Crippen LogP) is 2.67. The Bertz CT molecular complexity index is 1000. The van der Waals surface area contributed by atoms with Gasteiger partial charge in [-0.2, -0.15) is 0 Å². The van der Waals surface area contributed by atoms with Crippen LogP contribution in [-0.4, -0.2) is 113 Å². The zero-order valence-corrected chi connectivity index (χ0v) is 28.3. The van der Waals surface area contributed by atoms with Crippen LogP contribution in [0.15, 0.2) is 12.7 Å². The lowest BCUT2D eigenvalue weighted by Gasteiger charge is -2.47. The molecule has 44 heavy (non-hydrogen) atoms. The Morgan fingerprint density at radius 3 is 2.20 bits per heavy atom. The van der Waals surface area contributed by atoms with Crippen molar-refractivity contribution in [1.29, 1.82) is 0 Å². The molecule has 2 saturated heterocycles. The van der Waals surface area contributed by atoms with Gasteiger partial charge in [0.1, 0.15) is 29.5 Å². The summed E-state index contributed by atoms with van der Waals surface area (Å²) in [5.74, 6) is -5.67. The number of aliphatic hydroxyl groups excluding tert-OH is 2. The number of aliphatic hydroxyl groups is 3. The molecule has 0 aromatic heterocycles. The number of carbonyl (C=O) groups is 3. The summed E-state index contributed by atoms with van der Waals surface area (Å²) in [5.41, 5.74) is -3.28. The summed E-state index contributed by atoms with van der Waals surface area (Å²) in [5, 5.41) is 34.0. The summed E-state index contributed by atoms with van der Waals surface area (Å²) in [6.45, 7) is 16.9. The number of ketones is 2. The van der Waals surface area contributed by atoms with Crippen LogP contribution < -0.4 is 0 Å². The van der Waals surface area contributed by atoms with Gasteiger partial charge in [-0.1, -0.05) is 40.2 Å². The van der Waals surface area contributed by atoms with Gasteiger partial charge in [-0.3, -0.25) is 14.4 Å². The monoisotopic (exact) mass is 627 g/mol. The number of Topliss-reactive ketones (excluding diaryl/α,β-unsaturated/α-hetero) is 2. The van der Waals surface area contributed by atoms with Crippen LogP contribution in [0.3, 0.4) is 0 Å². The SMILES string of the molecule is C=CCO[C@]1(C)C[C@@H](C)C(=O)[C@H](C)[C@@H](O)[C@](C)(O)[C@@H](CCC)OC(=O)[C@H](C)C(=O)[C@H](C)[C@H]1O[C@H]1O[C@H](C)C[C@H](N(C)C)[C@H]1O. The van der Waals surface area contributed by atoms with E-state index in [1.165, 1.54) is 20.8 Å². The number of cyclic esters (lactones) is 1. The number of nitrogens with zero attached hydrogens (tertiary/aromatic N) is 1. The quantitative estimate of drug-likeness (QED) is 0.207. The highest BCUT2D eigenvalue weighted by Gasteiger charge is 2.52. The average Bonchev–Trinajstić information content (AvgIpc) is 2.96. The summed E-state index contributed by atoms with van der Waals surface area (Å²) in [6.07, 6.45) is -3.35. The summed E-state index contributed by atoms with van der Waals surface area (Å²) in [6, 6.07) is -0.284. The summed E-state index contributed by atoms with van der Waals surface area (Å²) >= 11 is 0. The second-order valence-corrected chi connectivity index (χ2v) is 13.6. The molecular formula is C33H57NO10. The first-order valence-corrected chi connectivity index (χ1v) is 15.9. The second-order valence-electron chi connectivity index (χ2n) is 13.6. The van der Waals surface area contributed by atoms with E-state index >= 15 is 0 Å². The van der Waals surface area contributed by atoms with E-state index < -0.39 is 77.3 Å². The molecule has 0 unspecified atom stereocenters. The van der Waals surface area contributed by atoms with Crippen LogP contribution in [0.4, 0.5) is 0 Å². The molecular weight excluding hydrogens is 570 g/mol. The van der Waals surface area contributed by atoms with Crippen molar-refractivity contribution in [3.05, 3.63) is 12.7 Å². The minimum absolute atomic E-state index is 0.0617. The van der Waals surface area contributed by atoms with Crippen molar-refractivity contribution < 1.29 is 48.7 Å². The van der Waals surface area contributed by atoms with Crippen molar-refractivity contribution in [2.45, 2.75) is 135 Å². The van der Waals surface area contributed by atoms with E-state index in [0.29, 0.717) is 12.8 Å². The van der Waals surface area contributed by atoms with Crippen molar-refractivity contribution in [2.75, 3.05) is 20.7 Å². The maximum absolute atomic E-state index is 14.0. The van der Waals surface area contributed by atoms with Gasteiger partial charge >= 0.3 is 5.97 Å². The Morgan fingerprint density at radius 1 is 1.05 bits per heavy atom. The lowest BCUT2D eigenvalue weighted by atomic mass is 9.74. The highest BCUT2D eigenvalue weighted by atomic mass is 16.7. The van der Waals surface area contributed by atoms with Gasteiger partial charge in [0, 0.05) is 23.8 Å². The molecule has 254 valence electrons. The van der Waals surface area contributed by atoms with Crippen LogP contribution >= 0.6 is 0 Å². The summed E-state index contributed by atoms with van der Waals surface area (Å²) in [4.78, 5) is 43.1. The van der Waals surface area contributed by atoms with Crippen LogP contribution in [0.25, 0.3) is 0 Å². The van der Waals surface area contributed by atoms with Crippen molar-refractivity contribution in [3.8, 4) is 0 Å². The largest absolute Gasteiger partial charge is 0.459 e. The number of hydrogen-bond donors (Lipinski definition) is 3. The summed E-state index contributed by atoms with van der Waals surface area (Å²) in [7, 11) is 3.71. The van der Waals surface area contributed by atoms with Crippen molar-refractivity contribution >= 4 is 17.5 Å². The Hall–Kier alpha value is -1.73. The zero-order chi connectivity index (χ0) is 33.7. The molecule has 11 heteroatoms. The van der Waals surface area contributed by atoms with E-state index in [9.17, 15) is 29.7 Å². The number of likely N-dealkylation sites (N-methyl/N-ethyl adjacent to an activating group) is 1. The number of carbonyl (C=O) groups excluding carboxylic acids is 3. The molecule has 0 aliphatic carbocycles. The first kappa shape index (κ1) is 38.5. The van der Waals surface area contributed by atoms with Gasteiger partial charge in [-0.25, -0.2) is 0 Å². The van der Waals surface area contributed by atoms with Gasteiger partial charge in [0.05, 0.1) is 30.5 Å². The topological polar surface area (TPSA) is 152 Å². The van der Waals surface area contributed by atoms with Crippen LogP contribution in [0, 0.1) is 23.7 Å². The van der Waals surface area contributed by atoms with Crippen LogP contribution in [0.1, 0.15) is 81.1 Å². The van der Waals surface area contributed by atoms with E-state index in [0.717, 1.165) is 0 Å². The van der Waals surface area contributed by atoms with Crippen molar-refractivity contribution in [1.82, 2.24) is 4.90 Å². The Kier molecular flexibility index (Phi) is 13.7. The third-order valence-electron chi connectivity index (χ3n) is 9.55. The first-order valence-electron chi connectivity index (χ1n) is 15.9. The zero-order valence-electron chi connectivity index (χ0n) is 28.3. The van der Waals surface area contributed by atoms with E-state index in [-0.39, 0.29) is 37.4 Å². The Labute approximate surface area is 263 Å². The molecule has 0 radical (unpaired) electrons. The van der Waals surface area contributed by atoms with Gasteiger partial charge in [-0.15, -0.1) is 6.58 Å². The third kappa shape index (κ3) is 8.54. The fraction of sp³-hybridized carbons (Fsp3) is 0.848. The minimum atomic E-state index is -1.96. The van der Waals surface area contributed by atoms with Gasteiger partial charge in [0.15, 0.2) is 12.1 Å².